The molecule has 1 heterocycles. The van der Waals surface area contributed by atoms with E-state index in [9.17, 15) is 23.2 Å². The number of H-pyrrole nitrogens is 1. The van der Waals surface area contributed by atoms with Gasteiger partial charge in [-0.15, -0.1) is 9.95 Å². The number of aromatic amines is 1. The minimum absolute atomic E-state index is 0.0147. The molecule has 22 heavy (non-hydrogen) atoms. The Bertz CT molecular complexity index is 835. The first-order valence-electron chi connectivity index (χ1n) is 5.82. The fourth-order valence-electron chi connectivity index (χ4n) is 1.69. The number of nitrogens with zero attached hydrogens (tertiary/aromatic N) is 2. The average Bonchev–Trinajstić information content (AvgIpc) is 2.44. The fourth-order valence-corrected chi connectivity index (χ4v) is 1.69. The van der Waals surface area contributed by atoms with Crippen LogP contribution < -0.4 is 16.9 Å². The number of rotatable bonds is 2. The summed E-state index contributed by atoms with van der Waals surface area (Å²) >= 11 is 0. The summed E-state index contributed by atoms with van der Waals surface area (Å²) in [5.74, 6) is -0.622. The van der Waals surface area contributed by atoms with Crippen LogP contribution in [0.3, 0.4) is 0 Å². The quantitative estimate of drug-likeness (QED) is 0.248. The highest BCUT2D eigenvalue weighted by Gasteiger charge is 2.30. The number of hydrazone groups is 1. The Hall–Kier alpha value is -3.04. The van der Waals surface area contributed by atoms with Gasteiger partial charge in [0.25, 0.3) is 0 Å². The van der Waals surface area contributed by atoms with E-state index in [-0.39, 0.29) is 21.3 Å². The molecule has 0 saturated heterocycles. The number of hydrogen-bond donors (Lipinski definition) is 3. The zero-order valence-corrected chi connectivity index (χ0v) is 10.9. The molecule has 0 spiro atoms. The van der Waals surface area contributed by atoms with Crippen molar-refractivity contribution >= 4 is 23.1 Å². The number of nitrogens with one attached hydrogen (secondary N) is 1. The van der Waals surface area contributed by atoms with Crippen LogP contribution in [0.25, 0.3) is 10.9 Å². The Labute approximate surface area is 120 Å². The molecular weight excluding hydrogens is 303 g/mol. The molecule has 0 aliphatic rings. The highest BCUT2D eigenvalue weighted by molar-refractivity contribution is 5.87. The molecule has 7 nitrogen and oxygen atoms in total. The van der Waals surface area contributed by atoms with E-state index in [4.69, 9.17) is 11.5 Å². The van der Waals surface area contributed by atoms with E-state index >= 15 is 0 Å². The maximum Gasteiger partial charge on any atom is 0.416 e. The smallest absolute Gasteiger partial charge is 0.416 e. The lowest BCUT2D eigenvalue weighted by molar-refractivity contribution is -0.463. The molecule has 0 saturated carbocycles. The van der Waals surface area contributed by atoms with Crippen molar-refractivity contribution in [3.05, 3.63) is 51.0 Å². The molecule has 10 heteroatoms. The predicted octanol–water partition coefficient (Wildman–Crippen LogP) is 0.665. The van der Waals surface area contributed by atoms with Gasteiger partial charge in [-0.2, -0.15) is 13.2 Å². The van der Waals surface area contributed by atoms with Crippen LogP contribution in [0, 0.1) is 5.21 Å². The van der Waals surface area contributed by atoms with E-state index in [2.05, 4.69) is 10.1 Å². The number of aromatic nitrogens is 1. The van der Waals surface area contributed by atoms with Crippen molar-refractivity contribution in [1.82, 2.24) is 4.98 Å². The third-order valence-corrected chi connectivity index (χ3v) is 2.76. The number of benzene rings is 1. The minimum Gasteiger partial charge on any atom is -0.722 e. The van der Waals surface area contributed by atoms with Crippen LogP contribution in [0.4, 0.5) is 13.2 Å². The molecule has 0 radical (unpaired) electrons. The minimum atomic E-state index is -4.51. The number of hydrogen-bond acceptors (Lipinski definition) is 3. The van der Waals surface area contributed by atoms with E-state index in [0.29, 0.717) is 0 Å². The van der Waals surface area contributed by atoms with Crippen molar-refractivity contribution in [2.45, 2.75) is 6.18 Å². The molecule has 2 rings (SSSR count). The van der Waals surface area contributed by atoms with Crippen LogP contribution in [0.2, 0.25) is 0 Å². The molecule has 0 fully saturated rings. The zero-order valence-electron chi connectivity index (χ0n) is 10.9. The van der Waals surface area contributed by atoms with Crippen molar-refractivity contribution < 1.29 is 18.0 Å². The normalized spacial score (nSPS) is 12.0. The van der Waals surface area contributed by atoms with Crippen LogP contribution in [0.1, 0.15) is 11.1 Å². The number of nitrogens with two attached hydrogens (primary N) is 2. The third-order valence-electron chi connectivity index (χ3n) is 2.76. The van der Waals surface area contributed by atoms with Gasteiger partial charge in [-0.3, -0.25) is 16.3 Å². The van der Waals surface area contributed by atoms with Gasteiger partial charge in [0, 0.05) is 17.1 Å². The van der Waals surface area contributed by atoms with Gasteiger partial charge in [0.1, 0.15) is 0 Å². The molecular formula is C12H10F3N5O2. The van der Waals surface area contributed by atoms with Crippen LogP contribution in [-0.2, 0) is 6.18 Å². The number of fused-ring (bicyclic) bond motifs is 1. The summed E-state index contributed by atoms with van der Waals surface area (Å²) in [6, 6.07) is 2.67. The van der Waals surface area contributed by atoms with Crippen LogP contribution in [0.5, 0.6) is 0 Å². The molecule has 0 amide bonds. The Morgan fingerprint density at radius 3 is 2.64 bits per heavy atom. The summed E-state index contributed by atoms with van der Waals surface area (Å²) in [7, 11) is 0. The SMILES string of the molecule is NC(N)=[N+]([O-])/N=C/c1c[nH]c2cc(C(F)(F)F)ccc2c1=O. The largest absolute Gasteiger partial charge is 0.722 e. The van der Waals surface area contributed by atoms with Gasteiger partial charge >= 0.3 is 12.1 Å². The van der Waals surface area contributed by atoms with Crippen molar-refractivity contribution in [3.8, 4) is 0 Å². The number of alkyl halides is 3. The molecule has 0 aliphatic carbocycles. The summed E-state index contributed by atoms with van der Waals surface area (Å²) in [6.07, 6.45) is -2.47. The van der Waals surface area contributed by atoms with Crippen LogP contribution in [0.15, 0.2) is 34.3 Å². The maximum atomic E-state index is 12.6. The van der Waals surface area contributed by atoms with E-state index < -0.39 is 23.1 Å². The highest BCUT2D eigenvalue weighted by atomic mass is 19.4. The van der Waals surface area contributed by atoms with Crippen LogP contribution >= 0.6 is 0 Å². The highest BCUT2D eigenvalue weighted by Crippen LogP contribution is 2.30. The van der Waals surface area contributed by atoms with E-state index in [0.717, 1.165) is 30.6 Å². The lowest BCUT2D eigenvalue weighted by Gasteiger charge is -2.07. The molecule has 0 unspecified atom stereocenters. The van der Waals surface area contributed by atoms with E-state index in [1.165, 1.54) is 0 Å². The number of pyridine rings is 1. The molecule has 0 bridgehead atoms. The molecule has 2 aromatic rings. The number of guanidine groups is 1. The Kier molecular flexibility index (Phi) is 3.76. The van der Waals surface area contributed by atoms with Crippen molar-refractivity contribution in [1.29, 1.82) is 0 Å². The van der Waals surface area contributed by atoms with Gasteiger partial charge in [-0.05, 0) is 18.2 Å². The standard InChI is InChI=1S/C12H10F3N5O2/c13-12(14,15)7-1-2-8-9(3-7)18-4-6(10(8)21)5-19-20(22)11(16)17/h1-5H,16-17H2,(H,18,21)/b19-5+. The topological polar surface area (TPSA) is 123 Å². The second kappa shape index (κ2) is 5.39. The molecule has 1 aromatic heterocycles. The lowest BCUT2D eigenvalue weighted by Crippen LogP contribution is -2.30. The monoisotopic (exact) mass is 313 g/mol. The van der Waals surface area contributed by atoms with E-state index in [1.54, 1.807) is 0 Å². The van der Waals surface area contributed by atoms with Gasteiger partial charge in [0.2, 0.25) is 0 Å². The van der Waals surface area contributed by atoms with Gasteiger partial charge in [0.15, 0.2) is 5.43 Å². The fraction of sp³-hybridized carbons (Fsp3) is 0.0833. The van der Waals surface area contributed by atoms with Gasteiger partial charge in [-0.25, -0.2) is 0 Å². The van der Waals surface area contributed by atoms with E-state index in [1.807, 2.05) is 0 Å². The van der Waals surface area contributed by atoms with Crippen molar-refractivity contribution in [2.24, 2.45) is 16.6 Å². The summed E-state index contributed by atoms with van der Waals surface area (Å²) in [4.78, 5) is 14.5. The third kappa shape index (κ3) is 3.00. The maximum absolute atomic E-state index is 12.6. The van der Waals surface area contributed by atoms with Crippen molar-refractivity contribution in [3.63, 3.8) is 0 Å². The molecule has 1 aromatic carbocycles. The lowest BCUT2D eigenvalue weighted by atomic mass is 10.1. The summed E-state index contributed by atoms with van der Waals surface area (Å²) in [5, 5.41) is 14.4. The average molecular weight is 313 g/mol. The Morgan fingerprint density at radius 1 is 1.36 bits per heavy atom. The summed E-state index contributed by atoms with van der Waals surface area (Å²) in [5.41, 5.74) is 8.49. The zero-order chi connectivity index (χ0) is 16.5. The first-order valence-corrected chi connectivity index (χ1v) is 5.82. The first kappa shape index (κ1) is 15.4. The Morgan fingerprint density at radius 2 is 2.05 bits per heavy atom. The molecule has 0 aliphatic heterocycles. The first-order chi connectivity index (χ1) is 10.2. The second-order valence-corrected chi connectivity index (χ2v) is 4.27. The van der Waals surface area contributed by atoms with Gasteiger partial charge in [0.05, 0.1) is 17.3 Å². The molecule has 5 N–H and O–H groups in total. The summed E-state index contributed by atoms with van der Waals surface area (Å²) in [6.45, 7) is 0. The molecule has 0 atom stereocenters. The number of halogens is 3. The molecule has 116 valence electrons. The Balaban J connectivity index is 2.52. The van der Waals surface area contributed by atoms with Gasteiger partial charge < -0.3 is 10.2 Å². The predicted molar refractivity (Wildman–Crippen MR) is 74.2 cm³/mol. The second-order valence-electron chi connectivity index (χ2n) is 4.27. The van der Waals surface area contributed by atoms with Gasteiger partial charge in [-0.1, -0.05) is 0 Å². The summed E-state index contributed by atoms with van der Waals surface area (Å²) < 4.78 is 37.8. The van der Waals surface area contributed by atoms with Crippen molar-refractivity contribution in [2.75, 3.05) is 0 Å². The van der Waals surface area contributed by atoms with Crippen LogP contribution in [-0.4, -0.2) is 22.0 Å².